The smallest absolute Gasteiger partial charge is 0.271 e. The van der Waals surface area contributed by atoms with E-state index >= 15 is 0 Å². The molecule has 98 valence electrons. The van der Waals surface area contributed by atoms with Crippen molar-refractivity contribution in [2.45, 2.75) is 0 Å². The first-order chi connectivity index (χ1) is 9.15. The molecule has 0 spiro atoms. The number of carbonyl (C=O) groups is 1. The van der Waals surface area contributed by atoms with Crippen molar-refractivity contribution in [2.24, 2.45) is 0 Å². The van der Waals surface area contributed by atoms with Gasteiger partial charge in [0.2, 0.25) is 0 Å². The van der Waals surface area contributed by atoms with E-state index in [-0.39, 0.29) is 23.8 Å². The Hall–Kier alpha value is -2.08. The van der Waals surface area contributed by atoms with Crippen LogP contribution in [0.4, 0.5) is 5.69 Å². The first kappa shape index (κ1) is 13.4. The molecular formula is C13H11BrN2O3. The quantitative estimate of drug-likeness (QED) is 0.906. The Morgan fingerprint density at radius 1 is 1.26 bits per heavy atom. The number of halogens is 1. The summed E-state index contributed by atoms with van der Waals surface area (Å²) in [6, 6.07) is 10.3. The molecule has 2 aromatic rings. The van der Waals surface area contributed by atoms with Crippen LogP contribution in [-0.4, -0.2) is 17.5 Å². The van der Waals surface area contributed by atoms with Crippen LogP contribution in [-0.2, 0) is 4.79 Å². The number of rotatable bonds is 4. The van der Waals surface area contributed by atoms with E-state index in [4.69, 9.17) is 4.74 Å². The highest BCUT2D eigenvalue weighted by Crippen LogP contribution is 2.15. The van der Waals surface area contributed by atoms with Gasteiger partial charge in [0.25, 0.3) is 11.5 Å². The van der Waals surface area contributed by atoms with Crippen LogP contribution in [0.25, 0.3) is 0 Å². The predicted molar refractivity (Wildman–Crippen MR) is 75.3 cm³/mol. The molecular weight excluding hydrogens is 312 g/mol. The fourth-order valence-corrected chi connectivity index (χ4v) is 1.65. The fraction of sp³-hybridized carbons (Fsp3) is 0.0769. The van der Waals surface area contributed by atoms with E-state index in [0.717, 1.165) is 4.47 Å². The maximum atomic E-state index is 11.6. The molecule has 0 aliphatic carbocycles. The minimum absolute atomic E-state index is 0.157. The van der Waals surface area contributed by atoms with Gasteiger partial charge in [-0.3, -0.25) is 9.59 Å². The Bertz CT molecular complexity index is 622. The Morgan fingerprint density at radius 2 is 2.00 bits per heavy atom. The number of benzene rings is 1. The molecule has 1 amide bonds. The molecule has 1 heterocycles. The molecule has 0 fully saturated rings. The van der Waals surface area contributed by atoms with Gasteiger partial charge in [0.1, 0.15) is 11.4 Å². The second-order valence-corrected chi connectivity index (χ2v) is 4.62. The minimum Gasteiger partial charge on any atom is -0.484 e. The SMILES string of the molecule is O=C(COc1ccc(Br)cc1)Nc1ccc[nH]c1=O. The van der Waals surface area contributed by atoms with E-state index in [0.29, 0.717) is 5.75 Å². The average Bonchev–Trinajstić information content (AvgIpc) is 2.41. The molecule has 1 aromatic heterocycles. The standard InChI is InChI=1S/C13H11BrN2O3/c14-9-3-5-10(6-4-9)19-8-12(17)16-11-2-1-7-15-13(11)18/h1-7H,8H2,(H,15,18)(H,16,17). The number of hydrogen-bond donors (Lipinski definition) is 2. The van der Waals surface area contributed by atoms with E-state index < -0.39 is 0 Å². The van der Waals surface area contributed by atoms with Crippen molar-refractivity contribution in [1.29, 1.82) is 0 Å². The lowest BCUT2D eigenvalue weighted by Crippen LogP contribution is -2.24. The number of pyridine rings is 1. The summed E-state index contributed by atoms with van der Waals surface area (Å²) in [6.07, 6.45) is 1.50. The summed E-state index contributed by atoms with van der Waals surface area (Å²) in [5, 5.41) is 2.47. The molecule has 0 saturated heterocycles. The van der Waals surface area contributed by atoms with Crippen LogP contribution in [0.1, 0.15) is 0 Å². The van der Waals surface area contributed by atoms with Gasteiger partial charge in [0.15, 0.2) is 6.61 Å². The number of nitrogens with one attached hydrogen (secondary N) is 2. The molecule has 6 heteroatoms. The van der Waals surface area contributed by atoms with Crippen LogP contribution in [0.2, 0.25) is 0 Å². The molecule has 1 aromatic carbocycles. The topological polar surface area (TPSA) is 71.2 Å². The lowest BCUT2D eigenvalue weighted by molar-refractivity contribution is -0.118. The normalized spacial score (nSPS) is 9.95. The zero-order chi connectivity index (χ0) is 13.7. The van der Waals surface area contributed by atoms with Crippen molar-refractivity contribution >= 4 is 27.5 Å². The molecule has 0 saturated carbocycles. The van der Waals surface area contributed by atoms with Gasteiger partial charge >= 0.3 is 0 Å². The molecule has 0 aliphatic rings. The van der Waals surface area contributed by atoms with Crippen molar-refractivity contribution in [1.82, 2.24) is 4.98 Å². The molecule has 0 unspecified atom stereocenters. The number of anilines is 1. The molecule has 0 atom stereocenters. The zero-order valence-corrected chi connectivity index (χ0v) is 11.4. The summed E-state index contributed by atoms with van der Waals surface area (Å²) in [6.45, 7) is -0.157. The minimum atomic E-state index is -0.389. The van der Waals surface area contributed by atoms with Crippen LogP contribution >= 0.6 is 15.9 Å². The number of ether oxygens (including phenoxy) is 1. The molecule has 19 heavy (non-hydrogen) atoms. The third kappa shape index (κ3) is 3.96. The molecule has 2 rings (SSSR count). The zero-order valence-electron chi connectivity index (χ0n) is 9.85. The van der Waals surface area contributed by atoms with Crippen LogP contribution in [0.3, 0.4) is 0 Å². The van der Waals surface area contributed by atoms with Gasteiger partial charge in [-0.1, -0.05) is 15.9 Å². The number of amides is 1. The van der Waals surface area contributed by atoms with Crippen molar-refractivity contribution in [3.63, 3.8) is 0 Å². The Kier molecular flexibility index (Phi) is 4.35. The molecule has 2 N–H and O–H groups in total. The van der Waals surface area contributed by atoms with E-state index in [1.54, 1.807) is 18.2 Å². The molecule has 0 aliphatic heterocycles. The first-order valence-corrected chi connectivity index (χ1v) is 6.30. The average molecular weight is 323 g/mol. The lowest BCUT2D eigenvalue weighted by Gasteiger charge is -2.06. The number of hydrogen-bond acceptors (Lipinski definition) is 3. The Balaban J connectivity index is 1.90. The highest BCUT2D eigenvalue weighted by atomic mass is 79.9. The van der Waals surface area contributed by atoms with Gasteiger partial charge in [0, 0.05) is 10.7 Å². The van der Waals surface area contributed by atoms with Gasteiger partial charge in [-0.15, -0.1) is 0 Å². The second-order valence-electron chi connectivity index (χ2n) is 3.70. The fourth-order valence-electron chi connectivity index (χ4n) is 1.39. The maximum absolute atomic E-state index is 11.6. The van der Waals surface area contributed by atoms with Crippen molar-refractivity contribution in [3.8, 4) is 5.75 Å². The van der Waals surface area contributed by atoms with Crippen LogP contribution in [0.15, 0.2) is 51.9 Å². The van der Waals surface area contributed by atoms with Crippen LogP contribution in [0.5, 0.6) is 5.75 Å². The summed E-state index contributed by atoms with van der Waals surface area (Å²) in [4.78, 5) is 25.4. The third-order valence-corrected chi connectivity index (χ3v) is 2.80. The van der Waals surface area contributed by atoms with Gasteiger partial charge in [-0.2, -0.15) is 0 Å². The molecule has 5 nitrogen and oxygen atoms in total. The van der Waals surface area contributed by atoms with Crippen molar-refractivity contribution in [2.75, 3.05) is 11.9 Å². The summed E-state index contributed by atoms with van der Waals surface area (Å²) in [5.41, 5.74) is -0.147. The van der Waals surface area contributed by atoms with E-state index in [9.17, 15) is 9.59 Å². The number of H-pyrrole nitrogens is 1. The summed E-state index contributed by atoms with van der Waals surface area (Å²) >= 11 is 3.30. The van der Waals surface area contributed by atoms with Gasteiger partial charge < -0.3 is 15.0 Å². The highest BCUT2D eigenvalue weighted by molar-refractivity contribution is 9.10. The number of aromatic nitrogens is 1. The number of aromatic amines is 1. The summed E-state index contributed by atoms with van der Waals surface area (Å²) in [7, 11) is 0. The van der Waals surface area contributed by atoms with Crippen molar-refractivity contribution < 1.29 is 9.53 Å². The van der Waals surface area contributed by atoms with Crippen molar-refractivity contribution in [3.05, 3.63) is 57.4 Å². The van der Waals surface area contributed by atoms with Gasteiger partial charge in [-0.05, 0) is 36.4 Å². The summed E-state index contributed by atoms with van der Waals surface area (Å²) in [5.74, 6) is 0.194. The maximum Gasteiger partial charge on any atom is 0.271 e. The Labute approximate surface area is 117 Å². The van der Waals surface area contributed by atoms with E-state index in [1.807, 2.05) is 12.1 Å². The van der Waals surface area contributed by atoms with E-state index in [2.05, 4.69) is 26.2 Å². The van der Waals surface area contributed by atoms with Gasteiger partial charge in [-0.25, -0.2) is 0 Å². The largest absolute Gasteiger partial charge is 0.484 e. The molecule has 0 radical (unpaired) electrons. The lowest BCUT2D eigenvalue weighted by atomic mass is 10.3. The van der Waals surface area contributed by atoms with E-state index in [1.165, 1.54) is 12.3 Å². The third-order valence-electron chi connectivity index (χ3n) is 2.28. The second kappa shape index (κ2) is 6.19. The summed E-state index contributed by atoms with van der Waals surface area (Å²) < 4.78 is 6.22. The van der Waals surface area contributed by atoms with Crippen LogP contribution < -0.4 is 15.6 Å². The van der Waals surface area contributed by atoms with Gasteiger partial charge in [0.05, 0.1) is 0 Å². The monoisotopic (exact) mass is 322 g/mol. The Morgan fingerprint density at radius 3 is 2.68 bits per heavy atom. The van der Waals surface area contributed by atoms with Crippen LogP contribution in [0, 0.1) is 0 Å². The molecule has 0 bridgehead atoms. The predicted octanol–water partition coefficient (Wildman–Crippen LogP) is 2.15. The highest BCUT2D eigenvalue weighted by Gasteiger charge is 2.05. The first-order valence-electron chi connectivity index (χ1n) is 5.51. The number of carbonyl (C=O) groups excluding carboxylic acids is 1.